The molecule has 3 amide bonds. The number of hydrogen-bond donors (Lipinski definition) is 3. The van der Waals surface area contributed by atoms with Gasteiger partial charge in [0.25, 0.3) is 5.91 Å². The molecule has 1 atom stereocenters. The van der Waals surface area contributed by atoms with Crippen molar-refractivity contribution in [3.05, 3.63) is 84.2 Å². The van der Waals surface area contributed by atoms with Crippen LogP contribution < -0.4 is 20.7 Å². The minimum atomic E-state index is -0.333. The Bertz CT molecular complexity index is 975. The number of urea groups is 1. The molecule has 0 spiro atoms. The van der Waals surface area contributed by atoms with E-state index in [0.29, 0.717) is 22.7 Å². The molecule has 2 aromatic carbocycles. The molecule has 0 aliphatic carbocycles. The van der Waals surface area contributed by atoms with E-state index >= 15 is 0 Å². The molecule has 29 heavy (non-hydrogen) atoms. The van der Waals surface area contributed by atoms with E-state index in [0.717, 1.165) is 5.56 Å². The molecule has 7 heteroatoms. The van der Waals surface area contributed by atoms with Crippen molar-refractivity contribution in [1.82, 2.24) is 10.3 Å². The fourth-order valence-electron chi connectivity index (χ4n) is 2.75. The average Bonchev–Trinajstić information content (AvgIpc) is 2.75. The number of nitrogens with zero attached hydrogens (tertiary/aromatic N) is 1. The first kappa shape index (κ1) is 19.9. The minimum absolute atomic E-state index is 0.163. The zero-order valence-electron chi connectivity index (χ0n) is 16.2. The highest BCUT2D eigenvalue weighted by atomic mass is 16.5. The van der Waals surface area contributed by atoms with Gasteiger partial charge in [0.1, 0.15) is 5.75 Å². The minimum Gasteiger partial charge on any atom is -0.495 e. The summed E-state index contributed by atoms with van der Waals surface area (Å²) in [6.45, 7) is 1.89. The van der Waals surface area contributed by atoms with E-state index in [-0.39, 0.29) is 18.0 Å². The van der Waals surface area contributed by atoms with E-state index in [9.17, 15) is 9.59 Å². The molecule has 0 fully saturated rings. The number of hydrogen-bond acceptors (Lipinski definition) is 4. The van der Waals surface area contributed by atoms with Crippen LogP contribution in [0.4, 0.5) is 16.2 Å². The first-order chi connectivity index (χ1) is 14.1. The summed E-state index contributed by atoms with van der Waals surface area (Å²) in [6, 6.07) is 17.0. The molecular formula is C22H22N4O3. The van der Waals surface area contributed by atoms with Crippen LogP contribution in [0.3, 0.4) is 0 Å². The quantitative estimate of drug-likeness (QED) is 0.587. The molecule has 1 heterocycles. The second kappa shape index (κ2) is 9.36. The third-order valence-corrected chi connectivity index (χ3v) is 4.31. The van der Waals surface area contributed by atoms with Crippen LogP contribution in [-0.2, 0) is 0 Å². The molecule has 0 saturated heterocycles. The Labute approximate surface area is 169 Å². The lowest BCUT2D eigenvalue weighted by molar-refractivity contribution is 0.102. The number of para-hydroxylation sites is 2. The van der Waals surface area contributed by atoms with Gasteiger partial charge in [-0.3, -0.25) is 9.78 Å². The number of methoxy groups -OCH3 is 1. The average molecular weight is 390 g/mol. The Kier molecular flexibility index (Phi) is 6.42. The molecule has 1 aromatic heterocycles. The van der Waals surface area contributed by atoms with Crippen molar-refractivity contribution >= 4 is 23.3 Å². The summed E-state index contributed by atoms with van der Waals surface area (Å²) >= 11 is 0. The van der Waals surface area contributed by atoms with Crippen molar-refractivity contribution in [2.45, 2.75) is 13.0 Å². The predicted octanol–water partition coefficient (Wildman–Crippen LogP) is 4.23. The van der Waals surface area contributed by atoms with Crippen molar-refractivity contribution in [1.29, 1.82) is 0 Å². The van der Waals surface area contributed by atoms with E-state index in [1.165, 1.54) is 0 Å². The van der Waals surface area contributed by atoms with E-state index in [1.807, 2.05) is 31.2 Å². The third kappa shape index (κ3) is 5.32. The predicted molar refractivity (Wildman–Crippen MR) is 112 cm³/mol. The fraction of sp³-hybridized carbons (Fsp3) is 0.136. The monoisotopic (exact) mass is 390 g/mol. The number of amides is 3. The summed E-state index contributed by atoms with van der Waals surface area (Å²) < 4.78 is 5.24. The van der Waals surface area contributed by atoms with E-state index < -0.39 is 0 Å². The number of ether oxygens (including phenoxy) is 1. The molecule has 3 rings (SSSR count). The van der Waals surface area contributed by atoms with Crippen LogP contribution in [0.5, 0.6) is 5.75 Å². The van der Waals surface area contributed by atoms with Gasteiger partial charge in [-0.2, -0.15) is 0 Å². The number of carbonyl (C=O) groups is 2. The first-order valence-electron chi connectivity index (χ1n) is 9.08. The molecule has 148 valence electrons. The topological polar surface area (TPSA) is 92.4 Å². The molecule has 1 unspecified atom stereocenters. The van der Waals surface area contributed by atoms with Gasteiger partial charge in [-0.25, -0.2) is 4.79 Å². The van der Waals surface area contributed by atoms with E-state index in [1.54, 1.807) is 55.9 Å². The number of aromatic nitrogens is 1. The maximum absolute atomic E-state index is 12.4. The number of anilines is 2. The molecule has 7 nitrogen and oxygen atoms in total. The molecular weight excluding hydrogens is 368 g/mol. The lowest BCUT2D eigenvalue weighted by atomic mass is 10.1. The highest BCUT2D eigenvalue weighted by molar-refractivity contribution is 6.05. The number of nitrogens with one attached hydrogen (secondary N) is 3. The zero-order chi connectivity index (χ0) is 20.6. The second-order valence-electron chi connectivity index (χ2n) is 6.33. The van der Waals surface area contributed by atoms with Crippen LogP contribution in [0.2, 0.25) is 0 Å². The normalized spacial score (nSPS) is 11.2. The highest BCUT2D eigenvalue weighted by Crippen LogP contribution is 2.24. The first-order valence-corrected chi connectivity index (χ1v) is 9.08. The lowest BCUT2D eigenvalue weighted by Crippen LogP contribution is -2.31. The van der Waals surface area contributed by atoms with Crippen molar-refractivity contribution in [2.24, 2.45) is 0 Å². The fourth-order valence-corrected chi connectivity index (χ4v) is 2.75. The Morgan fingerprint density at radius 2 is 1.62 bits per heavy atom. The number of carbonyl (C=O) groups excluding carboxylic acids is 2. The summed E-state index contributed by atoms with van der Waals surface area (Å²) in [7, 11) is 1.55. The highest BCUT2D eigenvalue weighted by Gasteiger charge is 2.11. The van der Waals surface area contributed by atoms with Crippen LogP contribution >= 0.6 is 0 Å². The van der Waals surface area contributed by atoms with Crippen molar-refractivity contribution in [3.63, 3.8) is 0 Å². The Morgan fingerprint density at radius 3 is 2.31 bits per heavy atom. The number of pyridine rings is 1. The van der Waals surface area contributed by atoms with E-state index in [2.05, 4.69) is 20.9 Å². The largest absolute Gasteiger partial charge is 0.495 e. The Balaban J connectivity index is 1.58. The summed E-state index contributed by atoms with van der Waals surface area (Å²) in [5.41, 5.74) is 2.59. The molecule has 0 aliphatic rings. The summed E-state index contributed by atoms with van der Waals surface area (Å²) in [5.74, 6) is 0.316. The van der Waals surface area contributed by atoms with Crippen molar-refractivity contribution in [3.8, 4) is 5.75 Å². The number of rotatable bonds is 6. The molecule has 0 bridgehead atoms. The van der Waals surface area contributed by atoms with Gasteiger partial charge >= 0.3 is 6.03 Å². The molecule has 3 N–H and O–H groups in total. The van der Waals surface area contributed by atoms with E-state index in [4.69, 9.17) is 4.74 Å². The summed E-state index contributed by atoms with van der Waals surface area (Å²) in [4.78, 5) is 28.6. The third-order valence-electron chi connectivity index (χ3n) is 4.31. The van der Waals surface area contributed by atoms with Crippen LogP contribution in [0, 0.1) is 0 Å². The van der Waals surface area contributed by atoms with Crippen molar-refractivity contribution < 1.29 is 14.3 Å². The lowest BCUT2D eigenvalue weighted by Gasteiger charge is -2.15. The Hall–Kier alpha value is -3.87. The standard InChI is InChI=1S/C22H22N4O3/c1-15(16-11-13-23-14-12-16)24-22(28)25-18-9-7-17(8-10-18)21(27)26-19-5-3-4-6-20(19)29-2/h3-15H,1-2H3,(H,26,27)(H2,24,25,28). The maximum atomic E-state index is 12.4. The SMILES string of the molecule is COc1ccccc1NC(=O)c1ccc(NC(=O)NC(C)c2ccncc2)cc1. The second-order valence-corrected chi connectivity index (χ2v) is 6.33. The van der Waals surface area contributed by atoms with Gasteiger partial charge in [0.2, 0.25) is 0 Å². The smallest absolute Gasteiger partial charge is 0.319 e. The number of benzene rings is 2. The molecule has 3 aromatic rings. The van der Waals surface area contributed by atoms with Crippen LogP contribution in [0.25, 0.3) is 0 Å². The summed E-state index contributed by atoms with van der Waals surface area (Å²) in [6.07, 6.45) is 3.36. The molecule has 0 aliphatic heterocycles. The van der Waals surface area contributed by atoms with Gasteiger partial charge in [-0.15, -0.1) is 0 Å². The van der Waals surface area contributed by atoms with Crippen LogP contribution in [0.15, 0.2) is 73.1 Å². The van der Waals surface area contributed by atoms with Gasteiger partial charge in [0.15, 0.2) is 0 Å². The maximum Gasteiger partial charge on any atom is 0.319 e. The summed E-state index contributed by atoms with van der Waals surface area (Å²) in [5, 5.41) is 8.43. The van der Waals surface area contributed by atoms with Gasteiger partial charge < -0.3 is 20.7 Å². The Morgan fingerprint density at radius 1 is 0.931 bits per heavy atom. The van der Waals surface area contributed by atoms with Gasteiger partial charge in [0, 0.05) is 23.6 Å². The zero-order valence-corrected chi connectivity index (χ0v) is 16.2. The van der Waals surface area contributed by atoms with Gasteiger partial charge in [0.05, 0.1) is 18.8 Å². The van der Waals surface area contributed by atoms with Crippen LogP contribution in [-0.4, -0.2) is 24.0 Å². The van der Waals surface area contributed by atoms with Crippen molar-refractivity contribution in [2.75, 3.05) is 17.7 Å². The van der Waals surface area contributed by atoms with Gasteiger partial charge in [-0.05, 0) is 61.0 Å². The molecule has 0 radical (unpaired) electrons. The van der Waals surface area contributed by atoms with Gasteiger partial charge in [-0.1, -0.05) is 12.1 Å². The van der Waals surface area contributed by atoms with Crippen LogP contribution in [0.1, 0.15) is 28.9 Å². The molecule has 0 saturated carbocycles.